The molecule has 3 aliphatic rings. The second-order valence-corrected chi connectivity index (χ2v) is 20.4. The lowest BCUT2D eigenvalue weighted by atomic mass is 9.72. The lowest BCUT2D eigenvalue weighted by Crippen LogP contribution is -2.63. The number of alkyl halides is 2. The number of primary amides is 1. The van der Waals surface area contributed by atoms with Gasteiger partial charge in [-0.05, 0) is 78.3 Å². The Bertz CT molecular complexity index is 2700. The minimum absolute atomic E-state index is 0.00706. The van der Waals surface area contributed by atoms with Crippen molar-refractivity contribution >= 4 is 61.2 Å². The van der Waals surface area contributed by atoms with Gasteiger partial charge in [0.15, 0.2) is 5.69 Å². The molecule has 2 aromatic heterocycles. The summed E-state index contributed by atoms with van der Waals surface area (Å²) in [6, 6.07) is 19.0. The van der Waals surface area contributed by atoms with Gasteiger partial charge in [-0.2, -0.15) is 12.3 Å². The Hall–Kier alpha value is -5.46. The zero-order valence-corrected chi connectivity index (χ0v) is 37.3. The molecule has 18 heteroatoms. The maximum absolute atomic E-state index is 15.4. The van der Waals surface area contributed by atoms with Gasteiger partial charge in [0.2, 0.25) is 0 Å². The second kappa shape index (κ2) is 18.2. The quantitative estimate of drug-likeness (QED) is 0.0496. The number of aromatic amines is 1. The number of sulfonamides is 1. The number of benzene rings is 3. The average molecular weight is 918 g/mol. The fourth-order valence-corrected chi connectivity index (χ4v) is 11.3. The molecule has 5 aromatic rings. The number of nitrogens with one attached hydrogen (secondary N) is 2. The van der Waals surface area contributed by atoms with E-state index in [1.165, 1.54) is 41.6 Å². The van der Waals surface area contributed by atoms with E-state index in [1.807, 2.05) is 30.3 Å². The first-order valence-corrected chi connectivity index (χ1v) is 23.2. The molecule has 1 aliphatic carbocycles. The molecule has 4 N–H and O–H groups in total. The third-order valence-corrected chi connectivity index (χ3v) is 15.6. The maximum atomic E-state index is 15.4. The molecule has 0 bridgehead atoms. The van der Waals surface area contributed by atoms with Gasteiger partial charge in [-0.1, -0.05) is 43.2 Å². The van der Waals surface area contributed by atoms with E-state index in [1.54, 1.807) is 23.2 Å². The van der Waals surface area contributed by atoms with Crippen LogP contribution in [0.4, 0.5) is 25.8 Å². The molecule has 0 saturated carbocycles. The minimum Gasteiger partial charge on any atom is -0.455 e. The minimum atomic E-state index is -4.48. The molecule has 2 saturated heterocycles. The number of allylic oxidation sites excluding steroid dienone is 1. The van der Waals surface area contributed by atoms with E-state index in [0.717, 1.165) is 36.3 Å². The molecule has 2 aliphatic heterocycles. The standard InChI is InChI=1S/C46H51ClF2N8O6S/c1-46(2)13-11-33(40(22-46)31-3-5-34(47)6-4-31)29-54-15-17-57(18-16-54,36-7-9-39(44(50)58)43(20-36)63-37-19-32-12-14-51-45(32)53-26-37)64(61,62)38-8-10-41(42(21-38)56(59)60)52-25-30-27-55(28-30)35(23-48)24-49/h3-10,12,14,19-21,26,30,35,52H,11,13,15-18,22-25,27-29H2,1-2H3,(H2-,50,51,53,58)/p+1. The van der Waals surface area contributed by atoms with Gasteiger partial charge in [0.25, 0.3) is 11.6 Å². The Morgan fingerprint density at radius 2 is 1.81 bits per heavy atom. The number of H-pyrrole nitrogens is 1. The number of carbonyl (C=O) groups excluding carboxylic acids is 1. The summed E-state index contributed by atoms with van der Waals surface area (Å²) in [4.78, 5) is 35.8. The van der Waals surface area contributed by atoms with Crippen molar-refractivity contribution in [3.05, 3.63) is 117 Å². The van der Waals surface area contributed by atoms with E-state index < -0.39 is 49.8 Å². The van der Waals surface area contributed by atoms with E-state index in [-0.39, 0.29) is 52.0 Å². The first-order chi connectivity index (χ1) is 30.6. The molecule has 4 heterocycles. The molecule has 338 valence electrons. The van der Waals surface area contributed by atoms with Crippen LogP contribution in [0.5, 0.6) is 11.5 Å². The number of rotatable bonds is 16. The Kier molecular flexibility index (Phi) is 12.8. The van der Waals surface area contributed by atoms with Crippen LogP contribution in [0.15, 0.2) is 95.7 Å². The van der Waals surface area contributed by atoms with Gasteiger partial charge in [0.1, 0.15) is 54.2 Å². The molecule has 8 rings (SSSR count). The Morgan fingerprint density at radius 1 is 1.08 bits per heavy atom. The molecule has 14 nitrogen and oxygen atoms in total. The fourth-order valence-electron chi connectivity index (χ4n) is 9.22. The van der Waals surface area contributed by atoms with Gasteiger partial charge >= 0.3 is 10.0 Å². The van der Waals surface area contributed by atoms with Crippen LogP contribution in [0.3, 0.4) is 0 Å². The molecule has 0 unspecified atom stereocenters. The van der Waals surface area contributed by atoms with Crippen LogP contribution in [0.25, 0.3) is 16.6 Å². The maximum Gasteiger partial charge on any atom is 0.332 e. The molecular weight excluding hydrogens is 866 g/mol. The van der Waals surface area contributed by atoms with Gasteiger partial charge in [-0.15, -0.1) is 0 Å². The molecule has 3 aromatic carbocycles. The number of nitrogens with two attached hydrogens (primary N) is 1. The predicted molar refractivity (Wildman–Crippen MR) is 245 cm³/mol. The highest BCUT2D eigenvalue weighted by Gasteiger charge is 2.49. The molecule has 0 spiro atoms. The summed E-state index contributed by atoms with van der Waals surface area (Å²) in [6.07, 6.45) is 5.99. The smallest absolute Gasteiger partial charge is 0.332 e. The number of fused-ring (bicyclic) bond motifs is 1. The first-order valence-electron chi connectivity index (χ1n) is 21.3. The molecule has 1 amide bonds. The van der Waals surface area contributed by atoms with Crippen molar-refractivity contribution < 1.29 is 31.7 Å². The molecule has 0 radical (unpaired) electrons. The predicted octanol–water partition coefficient (Wildman–Crippen LogP) is 8.34. The summed E-state index contributed by atoms with van der Waals surface area (Å²) < 4.78 is 62.8. The van der Waals surface area contributed by atoms with Gasteiger partial charge in [0.05, 0.1) is 22.7 Å². The van der Waals surface area contributed by atoms with Crippen molar-refractivity contribution in [3.63, 3.8) is 0 Å². The van der Waals surface area contributed by atoms with Crippen molar-refractivity contribution in [2.24, 2.45) is 17.1 Å². The van der Waals surface area contributed by atoms with Crippen LogP contribution in [0.2, 0.25) is 5.02 Å². The largest absolute Gasteiger partial charge is 0.455 e. The van der Waals surface area contributed by atoms with Crippen molar-refractivity contribution in [2.45, 2.75) is 44.0 Å². The number of nitro benzene ring substituents is 1. The number of hydrogen-bond acceptors (Lipinski definition) is 10. The van der Waals surface area contributed by atoms with E-state index in [2.05, 4.69) is 34.0 Å². The highest BCUT2D eigenvalue weighted by Crippen LogP contribution is 2.45. The first kappa shape index (κ1) is 45.1. The summed E-state index contributed by atoms with van der Waals surface area (Å²) in [6.45, 7) is 5.54. The number of nitro groups is 1. The summed E-state index contributed by atoms with van der Waals surface area (Å²) in [5.74, 6) is -0.463. The van der Waals surface area contributed by atoms with Gasteiger partial charge < -0.3 is 20.8 Å². The number of likely N-dealkylation sites (tertiary alicyclic amines) is 1. The topological polar surface area (TPSA) is 177 Å². The second-order valence-electron chi connectivity index (χ2n) is 17.9. The van der Waals surface area contributed by atoms with E-state index in [4.69, 9.17) is 22.1 Å². The number of carbonyl (C=O) groups is 1. The van der Waals surface area contributed by atoms with Crippen LogP contribution in [0.1, 0.15) is 49.0 Å². The number of quaternary nitrogens is 1. The number of hydrogen-bond donors (Lipinski definition) is 3. The number of pyridine rings is 1. The Morgan fingerprint density at radius 3 is 2.50 bits per heavy atom. The SMILES string of the molecule is CC1(C)CCC(CN2CC[N+](c3ccc(C(N)=O)c(Oc4cnc5[nH]ccc5c4)c3)(S(=O)(=O)c3ccc(NCC4CN(C(CF)CF)C4)c([N+](=O)[O-])c3)CC2)=C(c2ccc(Cl)cc2)C1. The summed E-state index contributed by atoms with van der Waals surface area (Å²) >= 11 is 6.27. The highest BCUT2D eigenvalue weighted by molar-refractivity contribution is 7.91. The fraction of sp³-hybridized carbons (Fsp3) is 0.391. The lowest BCUT2D eigenvalue weighted by Gasteiger charge is -2.43. The molecule has 64 heavy (non-hydrogen) atoms. The van der Waals surface area contributed by atoms with Crippen molar-refractivity contribution in [2.75, 3.05) is 71.0 Å². The lowest BCUT2D eigenvalue weighted by molar-refractivity contribution is -0.384. The van der Waals surface area contributed by atoms with E-state index in [9.17, 15) is 23.7 Å². The number of anilines is 1. The van der Waals surface area contributed by atoms with Crippen molar-refractivity contribution in [1.29, 1.82) is 0 Å². The third-order valence-electron chi connectivity index (χ3n) is 13.0. The molecule has 2 fully saturated rings. The highest BCUT2D eigenvalue weighted by atomic mass is 35.5. The zero-order valence-electron chi connectivity index (χ0n) is 35.7. The summed E-state index contributed by atoms with van der Waals surface area (Å²) in [5.41, 5.74) is 10.2. The zero-order chi connectivity index (χ0) is 45.4. The van der Waals surface area contributed by atoms with Gasteiger partial charge in [-0.3, -0.25) is 24.7 Å². The monoisotopic (exact) mass is 917 g/mol. The summed E-state index contributed by atoms with van der Waals surface area (Å²) in [7, 11) is -4.48. The van der Waals surface area contributed by atoms with Crippen LogP contribution in [-0.4, -0.2) is 111 Å². The van der Waals surface area contributed by atoms with Crippen LogP contribution in [-0.2, 0) is 10.0 Å². The Balaban J connectivity index is 1.14. The molecule has 0 atom stereocenters. The number of aromatic nitrogens is 2. The van der Waals surface area contributed by atoms with Gasteiger partial charge in [0, 0.05) is 80.0 Å². The third kappa shape index (κ3) is 9.09. The van der Waals surface area contributed by atoms with E-state index >= 15 is 8.42 Å². The number of nitrogens with zero attached hydrogens (tertiary/aromatic N) is 5. The van der Waals surface area contributed by atoms with Gasteiger partial charge in [-0.25, -0.2) is 13.8 Å². The number of amides is 1. The van der Waals surface area contributed by atoms with E-state index in [0.29, 0.717) is 55.7 Å². The van der Waals surface area contributed by atoms with Crippen molar-refractivity contribution in [3.8, 4) is 11.5 Å². The number of piperazine rings is 1. The van der Waals surface area contributed by atoms with Crippen LogP contribution >= 0.6 is 11.6 Å². The summed E-state index contributed by atoms with van der Waals surface area (Å²) in [5, 5.41) is 17.1. The number of halogens is 3. The normalized spacial score (nSPS) is 18.3. The van der Waals surface area contributed by atoms with Crippen LogP contribution in [0, 0.1) is 21.4 Å². The van der Waals surface area contributed by atoms with Crippen molar-refractivity contribution in [1.82, 2.24) is 23.7 Å². The average Bonchev–Trinajstić information content (AvgIpc) is 3.73. The Labute approximate surface area is 375 Å². The molecular formula is C46H52ClF2N8O6S+. The van der Waals surface area contributed by atoms with Crippen LogP contribution < -0.4 is 19.7 Å². The number of ether oxygens (including phenoxy) is 1.